The van der Waals surface area contributed by atoms with Crippen LogP contribution in [0.15, 0.2) is 47.1 Å². The first-order valence-electron chi connectivity index (χ1n) is 12.7. The summed E-state index contributed by atoms with van der Waals surface area (Å²) in [6.07, 6.45) is 7.73. The number of fused-ring (bicyclic) bond motifs is 2. The fourth-order valence-electron chi connectivity index (χ4n) is 6.17. The molecule has 6 rings (SSSR count). The van der Waals surface area contributed by atoms with Crippen LogP contribution >= 0.6 is 0 Å². The van der Waals surface area contributed by atoms with Crippen molar-refractivity contribution in [2.24, 2.45) is 5.92 Å². The predicted octanol–water partition coefficient (Wildman–Crippen LogP) is 4.08. The summed E-state index contributed by atoms with van der Waals surface area (Å²) in [4.78, 5) is 5.36. The Labute approximate surface area is 195 Å². The molecular formula is C27H34N4O2. The van der Waals surface area contributed by atoms with E-state index < -0.39 is 0 Å². The van der Waals surface area contributed by atoms with E-state index in [-0.39, 0.29) is 0 Å². The molecule has 3 aliphatic rings. The van der Waals surface area contributed by atoms with E-state index in [1.54, 1.807) is 11.1 Å². The van der Waals surface area contributed by atoms with Crippen LogP contribution in [0.2, 0.25) is 0 Å². The molecule has 1 aromatic heterocycles. The number of benzene rings is 2. The number of nitrogens with zero attached hydrogens (tertiary/aromatic N) is 4. The average molecular weight is 447 g/mol. The summed E-state index contributed by atoms with van der Waals surface area (Å²) in [6, 6.07) is 15.9. The Balaban J connectivity index is 1.09. The molecule has 2 fully saturated rings. The highest BCUT2D eigenvalue weighted by Gasteiger charge is 2.31. The van der Waals surface area contributed by atoms with Gasteiger partial charge in [-0.2, -0.15) is 0 Å². The molecule has 1 atom stereocenters. The highest BCUT2D eigenvalue weighted by molar-refractivity contribution is 5.76. The van der Waals surface area contributed by atoms with Crippen LogP contribution in [0.3, 0.4) is 0 Å². The number of aromatic nitrogens is 2. The molecule has 3 aromatic rings. The number of piperidine rings is 1. The van der Waals surface area contributed by atoms with Crippen molar-refractivity contribution >= 4 is 11.0 Å². The van der Waals surface area contributed by atoms with Crippen molar-refractivity contribution in [1.29, 1.82) is 0 Å². The molecule has 0 saturated carbocycles. The van der Waals surface area contributed by atoms with Crippen molar-refractivity contribution in [2.45, 2.75) is 57.2 Å². The number of rotatable bonds is 7. The third kappa shape index (κ3) is 4.70. The van der Waals surface area contributed by atoms with Gasteiger partial charge in [-0.3, -0.25) is 9.80 Å². The first-order valence-corrected chi connectivity index (χ1v) is 12.7. The molecule has 6 nitrogen and oxygen atoms in total. The van der Waals surface area contributed by atoms with Crippen LogP contribution in [0.25, 0.3) is 11.0 Å². The van der Waals surface area contributed by atoms with E-state index in [0.29, 0.717) is 12.1 Å². The van der Waals surface area contributed by atoms with Gasteiger partial charge in [0.15, 0.2) is 0 Å². The molecule has 0 radical (unpaired) electrons. The molecule has 33 heavy (non-hydrogen) atoms. The summed E-state index contributed by atoms with van der Waals surface area (Å²) < 4.78 is 11.0. The van der Waals surface area contributed by atoms with Gasteiger partial charge in [0, 0.05) is 32.3 Å². The lowest BCUT2D eigenvalue weighted by atomic mass is 9.94. The molecule has 0 amide bonds. The smallest absolute Gasteiger partial charge is 0.139 e. The first kappa shape index (κ1) is 21.3. The second-order valence-corrected chi connectivity index (χ2v) is 10.2. The van der Waals surface area contributed by atoms with Gasteiger partial charge >= 0.3 is 0 Å². The van der Waals surface area contributed by atoms with Gasteiger partial charge in [-0.05, 0) is 90.6 Å². The van der Waals surface area contributed by atoms with Crippen LogP contribution in [-0.4, -0.2) is 65.0 Å². The minimum Gasteiger partial charge on any atom is -0.377 e. The van der Waals surface area contributed by atoms with Crippen LogP contribution in [0.5, 0.6) is 0 Å². The van der Waals surface area contributed by atoms with Gasteiger partial charge in [-0.25, -0.2) is 4.63 Å². The van der Waals surface area contributed by atoms with Gasteiger partial charge in [-0.15, -0.1) is 0 Å². The third-order valence-corrected chi connectivity index (χ3v) is 7.96. The van der Waals surface area contributed by atoms with Gasteiger partial charge in [0.25, 0.3) is 0 Å². The van der Waals surface area contributed by atoms with E-state index in [1.807, 2.05) is 6.07 Å². The molecule has 2 aromatic carbocycles. The Hall–Kier alpha value is -2.28. The molecule has 174 valence electrons. The lowest BCUT2D eigenvalue weighted by molar-refractivity contribution is 0.0543. The van der Waals surface area contributed by atoms with E-state index in [4.69, 9.17) is 9.37 Å². The fraction of sp³-hybridized carbons (Fsp3) is 0.556. The molecule has 0 unspecified atom stereocenters. The van der Waals surface area contributed by atoms with Crippen LogP contribution in [0, 0.1) is 5.92 Å². The number of ether oxygens (including phenoxy) is 1. The summed E-state index contributed by atoms with van der Waals surface area (Å²) in [7, 11) is 0. The average Bonchev–Trinajstić information content (AvgIpc) is 3.60. The molecule has 0 spiro atoms. The highest BCUT2D eigenvalue weighted by Crippen LogP contribution is 2.29. The maximum absolute atomic E-state index is 6.00. The minimum absolute atomic E-state index is 0.358. The second-order valence-electron chi connectivity index (χ2n) is 10.2. The Morgan fingerprint density at radius 2 is 1.73 bits per heavy atom. The summed E-state index contributed by atoms with van der Waals surface area (Å²) >= 11 is 0. The Bertz CT molecular complexity index is 1040. The number of hydrogen-bond donors (Lipinski definition) is 0. The standard InChI is InChI=1S/C27H34N4O2/c1-2-6-22-16-24(15-21(22)5-1)31-12-10-20(11-13-31)17-30(19-25-8-4-14-32-25)18-23-7-3-9-26-27(23)29-33-28-26/h1-3,5-7,9,20,24-25H,4,8,10-19H2/t25-/m0/s1. The number of hydrogen-bond acceptors (Lipinski definition) is 6. The topological polar surface area (TPSA) is 54.6 Å². The van der Waals surface area contributed by atoms with Crippen molar-refractivity contribution in [3.63, 3.8) is 0 Å². The van der Waals surface area contributed by atoms with E-state index in [2.05, 4.69) is 56.5 Å². The Morgan fingerprint density at radius 1 is 0.909 bits per heavy atom. The molecule has 6 heteroatoms. The first-order chi connectivity index (χ1) is 16.3. The van der Waals surface area contributed by atoms with E-state index in [0.717, 1.165) is 43.2 Å². The lowest BCUT2D eigenvalue weighted by Crippen LogP contribution is -2.44. The summed E-state index contributed by atoms with van der Waals surface area (Å²) in [5.74, 6) is 0.737. The van der Waals surface area contributed by atoms with Crippen LogP contribution < -0.4 is 0 Å². The van der Waals surface area contributed by atoms with Crippen LogP contribution in [0.1, 0.15) is 42.4 Å². The zero-order valence-corrected chi connectivity index (χ0v) is 19.4. The normalized spacial score (nSPS) is 22.5. The summed E-state index contributed by atoms with van der Waals surface area (Å²) in [6.45, 7) is 6.35. The maximum Gasteiger partial charge on any atom is 0.139 e. The largest absolute Gasteiger partial charge is 0.377 e. The SMILES string of the molecule is c1ccc2c(c1)CC(N1CCC(CN(Cc3cccc4nonc34)C[C@@H]3CCCO3)CC1)C2. The minimum atomic E-state index is 0.358. The van der Waals surface area contributed by atoms with Crippen LogP contribution in [0.4, 0.5) is 0 Å². The van der Waals surface area contributed by atoms with Crippen molar-refractivity contribution < 1.29 is 9.37 Å². The zero-order valence-electron chi connectivity index (χ0n) is 19.4. The predicted molar refractivity (Wildman–Crippen MR) is 128 cm³/mol. The molecule has 1 aliphatic carbocycles. The second kappa shape index (κ2) is 9.53. The van der Waals surface area contributed by atoms with Gasteiger partial charge < -0.3 is 4.74 Å². The monoisotopic (exact) mass is 446 g/mol. The van der Waals surface area contributed by atoms with Gasteiger partial charge in [0.1, 0.15) is 11.0 Å². The van der Waals surface area contributed by atoms with E-state index >= 15 is 0 Å². The summed E-state index contributed by atoms with van der Waals surface area (Å²) in [5, 5.41) is 8.20. The lowest BCUT2D eigenvalue weighted by Gasteiger charge is -2.38. The molecule has 0 bridgehead atoms. The van der Waals surface area contributed by atoms with E-state index in [1.165, 1.54) is 57.2 Å². The fourth-order valence-corrected chi connectivity index (χ4v) is 6.17. The van der Waals surface area contributed by atoms with Crippen molar-refractivity contribution in [3.05, 3.63) is 59.2 Å². The van der Waals surface area contributed by atoms with Crippen LogP contribution in [-0.2, 0) is 24.1 Å². The van der Waals surface area contributed by atoms with E-state index in [9.17, 15) is 0 Å². The molecular weight excluding hydrogens is 412 g/mol. The third-order valence-electron chi connectivity index (χ3n) is 7.96. The molecule has 3 heterocycles. The summed E-state index contributed by atoms with van der Waals surface area (Å²) in [5.41, 5.74) is 6.06. The zero-order chi connectivity index (χ0) is 22.0. The Morgan fingerprint density at radius 3 is 2.48 bits per heavy atom. The molecule has 0 N–H and O–H groups in total. The number of likely N-dealkylation sites (tertiary alicyclic amines) is 1. The quantitative estimate of drug-likeness (QED) is 0.545. The molecule has 2 aliphatic heterocycles. The van der Waals surface area contributed by atoms with Gasteiger partial charge in [0.05, 0.1) is 6.10 Å². The van der Waals surface area contributed by atoms with Gasteiger partial charge in [0.2, 0.25) is 0 Å². The molecule has 2 saturated heterocycles. The van der Waals surface area contributed by atoms with Gasteiger partial charge in [-0.1, -0.05) is 36.4 Å². The maximum atomic E-state index is 6.00. The van der Waals surface area contributed by atoms with Crippen molar-refractivity contribution in [3.8, 4) is 0 Å². The van der Waals surface area contributed by atoms with Crippen molar-refractivity contribution in [1.82, 2.24) is 20.1 Å². The Kier molecular flexibility index (Phi) is 6.14. The van der Waals surface area contributed by atoms with Crippen molar-refractivity contribution in [2.75, 3.05) is 32.8 Å². The highest BCUT2D eigenvalue weighted by atomic mass is 16.6.